The van der Waals surface area contributed by atoms with Gasteiger partial charge in [0.1, 0.15) is 34.0 Å². The number of nitrogens with zero attached hydrogens (tertiary/aromatic N) is 6. The number of nitrogens with one attached hydrogen (secondary N) is 1. The fourth-order valence-electron chi connectivity index (χ4n) is 8.94. The Kier molecular flexibility index (Phi) is 11.6. The SMILES string of the molecule is Cc1ncsc1-c1ccc(CNC(=O)[C@@H]2C[C@@H](O)CN2C(=O)[C@@H](c2cc(-c3ccc(N4CCC(c5sc6nnc(-c7ccccc7O)cc6c5C)CC4)cc3)no2)C(C)C)cc1. The molecule has 2 aliphatic heterocycles. The summed E-state index contributed by atoms with van der Waals surface area (Å²) >= 11 is 3.32. The van der Waals surface area contributed by atoms with Crippen LogP contribution in [0.2, 0.25) is 0 Å². The average Bonchev–Trinajstić information content (AvgIpc) is 4.10. The molecule has 2 fully saturated rings. The van der Waals surface area contributed by atoms with Gasteiger partial charge >= 0.3 is 0 Å². The highest BCUT2D eigenvalue weighted by molar-refractivity contribution is 7.19. The Bertz CT molecular complexity index is 2720. The minimum absolute atomic E-state index is 0.0723. The van der Waals surface area contributed by atoms with Crippen molar-refractivity contribution in [2.24, 2.45) is 5.92 Å². The number of carbonyl (C=O) groups is 2. The molecule has 9 rings (SSSR count). The van der Waals surface area contributed by atoms with E-state index in [2.05, 4.69) is 49.6 Å². The molecule has 12 nitrogen and oxygen atoms in total. The van der Waals surface area contributed by atoms with Crippen molar-refractivity contribution in [1.82, 2.24) is 30.6 Å². The van der Waals surface area contributed by atoms with Crippen molar-refractivity contribution >= 4 is 50.4 Å². The molecule has 0 bridgehead atoms. The van der Waals surface area contributed by atoms with Crippen LogP contribution in [0.25, 0.3) is 43.2 Å². The van der Waals surface area contributed by atoms with Gasteiger partial charge in [0.2, 0.25) is 11.8 Å². The molecule has 14 heteroatoms. The average molecular weight is 868 g/mol. The van der Waals surface area contributed by atoms with Crippen LogP contribution in [-0.2, 0) is 16.1 Å². The summed E-state index contributed by atoms with van der Waals surface area (Å²) in [6.45, 7) is 10.3. The van der Waals surface area contributed by atoms with Gasteiger partial charge in [-0.15, -0.1) is 32.9 Å². The minimum Gasteiger partial charge on any atom is -0.507 e. The molecular weight excluding hydrogens is 819 g/mol. The third kappa shape index (κ3) is 8.21. The zero-order valence-corrected chi connectivity index (χ0v) is 36.7. The number of benzene rings is 3. The van der Waals surface area contributed by atoms with E-state index in [1.54, 1.807) is 34.8 Å². The fraction of sp³-hybridized carbons (Fsp3) is 0.333. The number of piperidine rings is 1. The van der Waals surface area contributed by atoms with Gasteiger partial charge in [0.15, 0.2) is 0 Å². The number of aliphatic hydroxyl groups excluding tert-OH is 1. The second-order valence-electron chi connectivity index (χ2n) is 16.8. The first-order chi connectivity index (χ1) is 30.0. The number of hydrogen-bond donors (Lipinski definition) is 3. The first-order valence-corrected chi connectivity index (χ1v) is 22.8. The third-order valence-corrected chi connectivity index (χ3v) is 14.7. The lowest BCUT2D eigenvalue weighted by atomic mass is 9.91. The number of anilines is 1. The molecule has 0 spiro atoms. The van der Waals surface area contributed by atoms with Crippen molar-refractivity contribution in [2.75, 3.05) is 24.5 Å². The third-order valence-electron chi connectivity index (χ3n) is 12.4. The Balaban J connectivity index is 0.824. The summed E-state index contributed by atoms with van der Waals surface area (Å²) in [5, 5.41) is 38.5. The topological polar surface area (TPSA) is 158 Å². The van der Waals surface area contributed by atoms with Gasteiger partial charge in [-0.1, -0.05) is 67.5 Å². The van der Waals surface area contributed by atoms with Crippen LogP contribution in [0.5, 0.6) is 5.75 Å². The molecule has 2 aliphatic rings. The number of β-amino-alcohol motifs (C(OH)–C–C–N with tert-alkyl or cyclic N) is 1. The summed E-state index contributed by atoms with van der Waals surface area (Å²) in [5.41, 5.74) is 10.1. The number of hydrogen-bond acceptors (Lipinski definition) is 12. The Hall–Kier alpha value is -5.96. The number of phenolic OH excluding ortho intramolecular Hbond substituents is 1. The maximum atomic E-state index is 14.2. The number of amides is 2. The zero-order chi connectivity index (χ0) is 43.1. The number of aryl methyl sites for hydroxylation is 2. The van der Waals surface area contributed by atoms with Crippen LogP contribution in [0.4, 0.5) is 5.69 Å². The van der Waals surface area contributed by atoms with E-state index in [0.717, 1.165) is 69.1 Å². The van der Waals surface area contributed by atoms with Crippen molar-refractivity contribution < 1.29 is 24.3 Å². The molecule has 7 aromatic rings. The van der Waals surface area contributed by atoms with Crippen molar-refractivity contribution in [2.45, 2.75) is 77.5 Å². The Morgan fingerprint density at radius 1 is 0.935 bits per heavy atom. The number of fused-ring (bicyclic) bond motifs is 1. The van der Waals surface area contributed by atoms with Crippen LogP contribution < -0.4 is 10.2 Å². The lowest BCUT2D eigenvalue weighted by Gasteiger charge is -2.33. The van der Waals surface area contributed by atoms with E-state index in [0.29, 0.717) is 35.2 Å². The van der Waals surface area contributed by atoms with Gasteiger partial charge in [-0.25, -0.2) is 4.98 Å². The van der Waals surface area contributed by atoms with E-state index in [9.17, 15) is 19.8 Å². The van der Waals surface area contributed by atoms with Crippen LogP contribution in [0.1, 0.15) is 72.4 Å². The molecule has 0 unspecified atom stereocenters. The normalized spacial score (nSPS) is 17.6. The van der Waals surface area contributed by atoms with Crippen LogP contribution >= 0.6 is 22.7 Å². The maximum absolute atomic E-state index is 14.2. The molecule has 4 aromatic heterocycles. The molecule has 2 saturated heterocycles. The smallest absolute Gasteiger partial charge is 0.243 e. The highest BCUT2D eigenvalue weighted by atomic mass is 32.1. The van der Waals surface area contributed by atoms with Crippen molar-refractivity contribution in [1.29, 1.82) is 0 Å². The van der Waals surface area contributed by atoms with Crippen molar-refractivity contribution in [3.63, 3.8) is 0 Å². The number of carbonyl (C=O) groups excluding carboxylic acids is 2. The Morgan fingerprint density at radius 3 is 2.39 bits per heavy atom. The number of para-hydroxylation sites is 1. The van der Waals surface area contributed by atoms with Gasteiger partial charge in [-0.2, -0.15) is 0 Å². The zero-order valence-electron chi connectivity index (χ0n) is 35.1. The summed E-state index contributed by atoms with van der Waals surface area (Å²) in [6.07, 6.45) is 1.40. The summed E-state index contributed by atoms with van der Waals surface area (Å²) in [7, 11) is 0. The van der Waals surface area contributed by atoms with Crippen molar-refractivity contribution in [3.05, 3.63) is 118 Å². The Morgan fingerprint density at radius 2 is 1.68 bits per heavy atom. The number of thiophene rings is 1. The number of likely N-dealkylation sites (tertiary alicyclic amines) is 1. The second kappa shape index (κ2) is 17.4. The van der Waals surface area contributed by atoms with E-state index in [1.807, 2.05) is 86.9 Å². The molecule has 3 N–H and O–H groups in total. The summed E-state index contributed by atoms with van der Waals surface area (Å²) < 4.78 is 5.87. The van der Waals surface area contributed by atoms with E-state index in [-0.39, 0.29) is 36.4 Å². The lowest BCUT2D eigenvalue weighted by molar-refractivity contribution is -0.141. The number of aliphatic hydroxyl groups is 1. The number of thiazole rings is 1. The van der Waals surface area contributed by atoms with Crippen molar-refractivity contribution in [3.8, 4) is 38.7 Å². The first kappa shape index (κ1) is 41.4. The lowest BCUT2D eigenvalue weighted by Crippen LogP contribution is -2.48. The maximum Gasteiger partial charge on any atom is 0.243 e. The summed E-state index contributed by atoms with van der Waals surface area (Å²) in [5.74, 6) is -0.343. The van der Waals surface area contributed by atoms with Gasteiger partial charge in [-0.3, -0.25) is 9.59 Å². The predicted octanol–water partition coefficient (Wildman–Crippen LogP) is 8.86. The molecule has 0 radical (unpaired) electrons. The standard InChI is InChI=1S/C48H49N7O5S2/c1-27(2)43(48(59)55-25-35(56)21-40(55)46(58)49-24-30-9-11-32(12-10-30)45-29(4)50-26-61-45)42-23-38(53-60-42)31-13-15-34(16-14-31)54-19-17-33(18-20-54)44-28(3)37-22-39(51-52-47(37)62-44)36-7-5-6-8-41(36)57/h5-16,22-23,26-27,33,35,40,43,56-57H,17-21,24-25H2,1-4H3,(H,49,58)/t35-,40+,43-/m1/s1. The van der Waals surface area contributed by atoms with Gasteiger partial charge < -0.3 is 29.9 Å². The molecule has 3 aromatic carbocycles. The van der Waals surface area contributed by atoms with Gasteiger partial charge in [-0.05, 0) is 85.5 Å². The second-order valence-corrected chi connectivity index (χ2v) is 18.7. The quantitative estimate of drug-likeness (QED) is 0.115. The molecule has 3 atom stereocenters. The highest BCUT2D eigenvalue weighted by Crippen LogP contribution is 2.42. The van der Waals surface area contributed by atoms with Gasteiger partial charge in [0.25, 0.3) is 0 Å². The molecule has 62 heavy (non-hydrogen) atoms. The van der Waals surface area contributed by atoms with Crippen LogP contribution in [0.15, 0.2) is 95.0 Å². The molecular formula is C48H49N7O5S2. The highest BCUT2D eigenvalue weighted by Gasteiger charge is 2.43. The van der Waals surface area contributed by atoms with Crippen LogP contribution in [0, 0.1) is 19.8 Å². The first-order valence-electron chi connectivity index (χ1n) is 21.1. The fourth-order valence-corrected chi connectivity index (χ4v) is 11.0. The van der Waals surface area contributed by atoms with E-state index in [1.165, 1.54) is 15.3 Å². The molecule has 0 saturated carbocycles. The number of rotatable bonds is 11. The predicted molar refractivity (Wildman–Crippen MR) is 243 cm³/mol. The summed E-state index contributed by atoms with van der Waals surface area (Å²) in [4.78, 5) is 39.5. The summed E-state index contributed by atoms with van der Waals surface area (Å²) in [6, 6.07) is 26.6. The largest absolute Gasteiger partial charge is 0.507 e. The van der Waals surface area contributed by atoms with Gasteiger partial charge in [0.05, 0.1) is 27.9 Å². The van der Waals surface area contributed by atoms with Gasteiger partial charge in [0, 0.05) is 65.7 Å². The molecule has 318 valence electrons. The minimum atomic E-state index is -0.806. The van der Waals surface area contributed by atoms with E-state index < -0.39 is 18.1 Å². The number of aromatic hydroxyl groups is 1. The molecule has 2 amide bonds. The number of aromatic nitrogens is 4. The van der Waals surface area contributed by atoms with E-state index >= 15 is 0 Å². The number of phenols is 1. The van der Waals surface area contributed by atoms with E-state index in [4.69, 9.17) is 4.52 Å². The molecule has 0 aliphatic carbocycles. The van der Waals surface area contributed by atoms with Crippen LogP contribution in [0.3, 0.4) is 0 Å². The monoisotopic (exact) mass is 867 g/mol. The van der Waals surface area contributed by atoms with Crippen LogP contribution in [-0.4, -0.2) is 79.0 Å². The molecule has 6 heterocycles. The Labute approximate surface area is 368 Å².